The maximum atomic E-state index is 12.4. The van der Waals surface area contributed by atoms with Crippen LogP contribution in [-0.2, 0) is 10.0 Å². The van der Waals surface area contributed by atoms with Gasteiger partial charge in [0.05, 0.1) is 0 Å². The Morgan fingerprint density at radius 3 is 2.64 bits per heavy atom. The summed E-state index contributed by atoms with van der Waals surface area (Å²) in [5.74, 6) is 0. The molecular weight excluding hydrogens is 425 g/mol. The Morgan fingerprint density at radius 1 is 1.20 bits per heavy atom. The van der Waals surface area contributed by atoms with Crippen LogP contribution in [0.15, 0.2) is 28.5 Å². The van der Waals surface area contributed by atoms with Gasteiger partial charge < -0.3 is 10.2 Å². The first-order valence-corrected chi connectivity index (χ1v) is 10.3. The summed E-state index contributed by atoms with van der Waals surface area (Å²) in [6.07, 6.45) is 0.815. The lowest BCUT2D eigenvalue weighted by Gasteiger charge is -2.26. The molecule has 1 aliphatic rings. The highest BCUT2D eigenvalue weighted by Crippen LogP contribution is 2.30. The molecule has 0 spiro atoms. The second-order valence-corrected chi connectivity index (χ2v) is 9.10. The van der Waals surface area contributed by atoms with E-state index in [0.29, 0.717) is 15.8 Å². The van der Waals surface area contributed by atoms with Crippen LogP contribution in [0.25, 0.3) is 10.1 Å². The van der Waals surface area contributed by atoms with E-state index in [0.717, 1.165) is 49.2 Å². The largest absolute Gasteiger partial charge is 0.314 e. The Kier molecular flexibility index (Phi) is 9.42. The zero-order chi connectivity index (χ0) is 16.3. The van der Waals surface area contributed by atoms with Crippen LogP contribution in [0.4, 0.5) is 0 Å². The van der Waals surface area contributed by atoms with Crippen LogP contribution in [0.3, 0.4) is 0 Å². The van der Waals surface area contributed by atoms with E-state index in [2.05, 4.69) is 14.9 Å². The van der Waals surface area contributed by atoms with E-state index in [9.17, 15) is 8.42 Å². The summed E-state index contributed by atoms with van der Waals surface area (Å²) >= 11 is 7.22. The van der Waals surface area contributed by atoms with Crippen LogP contribution in [0.5, 0.6) is 0 Å². The normalized spacial score (nSPS) is 15.6. The second-order valence-electron chi connectivity index (χ2n) is 5.59. The highest BCUT2D eigenvalue weighted by atomic mass is 35.5. The summed E-state index contributed by atoms with van der Waals surface area (Å²) in [7, 11) is -3.44. The molecule has 0 bridgehead atoms. The third kappa shape index (κ3) is 6.22. The van der Waals surface area contributed by atoms with Crippen molar-refractivity contribution in [1.29, 1.82) is 0 Å². The molecule has 25 heavy (non-hydrogen) atoms. The van der Waals surface area contributed by atoms with Gasteiger partial charge in [-0.3, -0.25) is 0 Å². The molecule has 0 unspecified atom stereocenters. The lowest BCUT2D eigenvalue weighted by atomic mass is 10.3. The van der Waals surface area contributed by atoms with Crippen molar-refractivity contribution in [2.24, 2.45) is 0 Å². The topological polar surface area (TPSA) is 61.4 Å². The fraction of sp³-hybridized carbons (Fsp3) is 0.467. The minimum atomic E-state index is -3.44. The Labute approximate surface area is 170 Å². The van der Waals surface area contributed by atoms with Gasteiger partial charge >= 0.3 is 0 Å². The van der Waals surface area contributed by atoms with Crippen molar-refractivity contribution in [3.8, 4) is 0 Å². The van der Waals surface area contributed by atoms with Gasteiger partial charge in [-0.25, -0.2) is 13.1 Å². The summed E-state index contributed by atoms with van der Waals surface area (Å²) < 4.78 is 28.7. The van der Waals surface area contributed by atoms with Gasteiger partial charge in [-0.1, -0.05) is 11.6 Å². The maximum absolute atomic E-state index is 12.4. The molecule has 5 nitrogen and oxygen atoms in total. The molecule has 1 aliphatic heterocycles. The molecule has 0 saturated carbocycles. The minimum Gasteiger partial charge on any atom is -0.314 e. The van der Waals surface area contributed by atoms with Crippen LogP contribution in [0.2, 0.25) is 5.02 Å². The van der Waals surface area contributed by atoms with Gasteiger partial charge in [-0.15, -0.1) is 36.2 Å². The lowest BCUT2D eigenvalue weighted by molar-refractivity contribution is 0.239. The van der Waals surface area contributed by atoms with Gasteiger partial charge in [0.1, 0.15) is 4.21 Å². The molecule has 3 rings (SSSR count). The highest BCUT2D eigenvalue weighted by Gasteiger charge is 2.17. The third-order valence-corrected chi connectivity index (χ3v) is 7.16. The molecule has 2 aromatic rings. The van der Waals surface area contributed by atoms with E-state index in [-0.39, 0.29) is 24.8 Å². The zero-order valence-electron chi connectivity index (χ0n) is 13.5. The minimum absolute atomic E-state index is 0. The van der Waals surface area contributed by atoms with Crippen molar-refractivity contribution >= 4 is 67.9 Å². The average molecular weight is 447 g/mol. The average Bonchev–Trinajstić information content (AvgIpc) is 2.96. The number of halogens is 3. The first-order valence-electron chi connectivity index (χ1n) is 7.66. The van der Waals surface area contributed by atoms with E-state index in [1.807, 2.05) is 6.07 Å². The number of thiophene rings is 1. The predicted molar refractivity (Wildman–Crippen MR) is 110 cm³/mol. The standard InChI is InChI=1S/C15H20ClN3O2S2.2ClH/c16-13-2-3-14-12(10-13)11-15(22-14)23(20,21)18-4-1-7-19-8-5-17-6-9-19;;/h2-3,10-11,17-18H,1,4-9H2;2*1H. The van der Waals surface area contributed by atoms with Crippen LogP contribution >= 0.6 is 47.8 Å². The molecule has 142 valence electrons. The molecule has 1 aromatic heterocycles. The molecule has 0 radical (unpaired) electrons. The van der Waals surface area contributed by atoms with Crippen LogP contribution in [0, 0.1) is 0 Å². The van der Waals surface area contributed by atoms with Gasteiger partial charge in [0.15, 0.2) is 0 Å². The third-order valence-electron chi connectivity index (χ3n) is 3.87. The van der Waals surface area contributed by atoms with Crippen LogP contribution in [0.1, 0.15) is 6.42 Å². The first-order chi connectivity index (χ1) is 11.0. The molecule has 1 saturated heterocycles. The number of nitrogens with zero attached hydrogens (tertiary/aromatic N) is 1. The molecule has 10 heteroatoms. The quantitative estimate of drug-likeness (QED) is 0.670. The highest BCUT2D eigenvalue weighted by molar-refractivity contribution is 7.91. The van der Waals surface area contributed by atoms with E-state index in [1.165, 1.54) is 11.3 Å². The predicted octanol–water partition coefficient (Wildman–Crippen LogP) is 2.97. The van der Waals surface area contributed by atoms with Crippen LogP contribution < -0.4 is 10.0 Å². The first kappa shape index (κ1) is 22.9. The number of hydrogen-bond donors (Lipinski definition) is 2. The number of fused-ring (bicyclic) bond motifs is 1. The molecule has 1 fully saturated rings. The van der Waals surface area contributed by atoms with Crippen molar-refractivity contribution in [3.63, 3.8) is 0 Å². The van der Waals surface area contributed by atoms with Gasteiger partial charge in [-0.2, -0.15) is 0 Å². The Hall–Kier alpha value is -0.120. The fourth-order valence-corrected chi connectivity index (χ4v) is 5.31. The Balaban J connectivity index is 0.00000156. The smallest absolute Gasteiger partial charge is 0.250 e. The maximum Gasteiger partial charge on any atom is 0.250 e. The number of rotatable bonds is 6. The summed E-state index contributed by atoms with van der Waals surface area (Å²) in [6.45, 7) is 5.47. The van der Waals surface area contributed by atoms with Crippen molar-refractivity contribution in [3.05, 3.63) is 29.3 Å². The van der Waals surface area contributed by atoms with Crippen molar-refractivity contribution < 1.29 is 8.42 Å². The van der Waals surface area contributed by atoms with Gasteiger partial charge in [0.25, 0.3) is 0 Å². The van der Waals surface area contributed by atoms with Crippen LogP contribution in [-0.4, -0.2) is 52.6 Å². The SMILES string of the molecule is Cl.Cl.O=S(=O)(NCCCN1CCNCC1)c1cc2cc(Cl)ccc2s1. The van der Waals surface area contributed by atoms with Gasteiger partial charge in [0, 0.05) is 42.4 Å². The summed E-state index contributed by atoms with van der Waals surface area (Å²) in [6, 6.07) is 7.10. The summed E-state index contributed by atoms with van der Waals surface area (Å²) in [5.41, 5.74) is 0. The Morgan fingerprint density at radius 2 is 1.92 bits per heavy atom. The van der Waals surface area contributed by atoms with Gasteiger partial charge in [-0.05, 0) is 42.6 Å². The van der Waals surface area contributed by atoms with E-state index in [1.54, 1.807) is 18.2 Å². The lowest BCUT2D eigenvalue weighted by Crippen LogP contribution is -2.44. The van der Waals surface area contributed by atoms with Crippen molar-refractivity contribution in [2.45, 2.75) is 10.6 Å². The van der Waals surface area contributed by atoms with Crippen molar-refractivity contribution in [2.75, 3.05) is 39.3 Å². The van der Waals surface area contributed by atoms with E-state index >= 15 is 0 Å². The molecule has 1 aromatic carbocycles. The molecule has 2 N–H and O–H groups in total. The monoisotopic (exact) mass is 445 g/mol. The molecule has 0 amide bonds. The second kappa shape index (κ2) is 10.3. The zero-order valence-corrected chi connectivity index (χ0v) is 17.6. The van der Waals surface area contributed by atoms with E-state index in [4.69, 9.17) is 11.6 Å². The number of piperazine rings is 1. The number of benzene rings is 1. The Bertz CT molecular complexity index is 777. The number of nitrogens with one attached hydrogen (secondary N) is 2. The fourth-order valence-electron chi connectivity index (χ4n) is 2.64. The van der Waals surface area contributed by atoms with Gasteiger partial charge in [0.2, 0.25) is 10.0 Å². The van der Waals surface area contributed by atoms with Crippen molar-refractivity contribution in [1.82, 2.24) is 14.9 Å². The summed E-state index contributed by atoms with van der Waals surface area (Å²) in [4.78, 5) is 2.35. The molecule has 0 atom stereocenters. The van der Waals surface area contributed by atoms with E-state index < -0.39 is 10.0 Å². The summed E-state index contributed by atoms with van der Waals surface area (Å²) in [5, 5.41) is 4.78. The number of sulfonamides is 1. The number of hydrogen-bond acceptors (Lipinski definition) is 5. The molecular formula is C15H22Cl3N3O2S2. The molecule has 2 heterocycles. The molecule has 0 aliphatic carbocycles.